The Morgan fingerprint density at radius 1 is 1.20 bits per heavy atom. The Morgan fingerprint density at radius 2 is 2.12 bits per heavy atom. The third-order valence-electron chi connectivity index (χ3n) is 4.79. The molecule has 0 radical (unpaired) electrons. The predicted molar refractivity (Wildman–Crippen MR) is 89.5 cm³/mol. The molecular formula is C17H17N5O3. The summed E-state index contributed by atoms with van der Waals surface area (Å²) in [6.45, 7) is 0.894. The number of rotatable bonds is 4. The van der Waals surface area contributed by atoms with E-state index in [9.17, 15) is 4.79 Å². The van der Waals surface area contributed by atoms with E-state index in [4.69, 9.17) is 9.15 Å². The van der Waals surface area contributed by atoms with Crippen LogP contribution in [0, 0.1) is 0 Å². The molecule has 25 heavy (non-hydrogen) atoms. The van der Waals surface area contributed by atoms with Crippen LogP contribution < -0.4 is 10.9 Å². The van der Waals surface area contributed by atoms with Gasteiger partial charge in [0.15, 0.2) is 11.4 Å². The molecule has 3 aromatic heterocycles. The highest BCUT2D eigenvalue weighted by molar-refractivity contribution is 5.85. The maximum Gasteiger partial charge on any atom is 0.267 e. The second-order valence-electron chi connectivity index (χ2n) is 6.57. The normalized spacial score (nSPS) is 23.2. The fourth-order valence-electron chi connectivity index (χ4n) is 3.27. The smallest absolute Gasteiger partial charge is 0.267 e. The molecule has 0 amide bonds. The number of nitrogens with zero attached hydrogens (tertiary/aromatic N) is 4. The van der Waals surface area contributed by atoms with Gasteiger partial charge in [-0.05, 0) is 25.0 Å². The highest BCUT2D eigenvalue weighted by Crippen LogP contribution is 2.38. The van der Waals surface area contributed by atoms with E-state index >= 15 is 0 Å². The summed E-state index contributed by atoms with van der Waals surface area (Å²) in [6.07, 6.45) is 5.54. The molecule has 0 aromatic carbocycles. The van der Waals surface area contributed by atoms with Gasteiger partial charge < -0.3 is 14.5 Å². The molecule has 1 aliphatic carbocycles. The standard InChI is InChI=1S/C17H17N5O3/c23-15-4-3-12(10-1-2-10)21-22(15)14-9-24-8-13(14)19-17-16-11(5-6-25-16)7-18-20-17/h3-7,10,13-14H,1-2,8-9H2,(H,19,20). The summed E-state index contributed by atoms with van der Waals surface area (Å²) in [4.78, 5) is 12.3. The van der Waals surface area contributed by atoms with Gasteiger partial charge in [0.2, 0.25) is 0 Å². The van der Waals surface area contributed by atoms with Crippen molar-refractivity contribution >= 4 is 16.8 Å². The Bertz CT molecular complexity index is 978. The Balaban J connectivity index is 1.47. The molecule has 8 heteroatoms. The molecule has 2 atom stereocenters. The van der Waals surface area contributed by atoms with Crippen molar-refractivity contribution in [2.75, 3.05) is 18.5 Å². The quantitative estimate of drug-likeness (QED) is 0.773. The third kappa shape index (κ3) is 2.58. The lowest BCUT2D eigenvalue weighted by Crippen LogP contribution is -2.37. The number of hydrogen-bond donors (Lipinski definition) is 1. The van der Waals surface area contributed by atoms with Crippen molar-refractivity contribution in [1.82, 2.24) is 20.0 Å². The highest BCUT2D eigenvalue weighted by Gasteiger charge is 2.33. The van der Waals surface area contributed by atoms with Crippen LogP contribution in [0.5, 0.6) is 0 Å². The average Bonchev–Trinajstić information content (AvgIpc) is 3.17. The van der Waals surface area contributed by atoms with Crippen LogP contribution in [-0.4, -0.2) is 39.2 Å². The summed E-state index contributed by atoms with van der Waals surface area (Å²) in [5.74, 6) is 1.04. The SMILES string of the molecule is O=c1ccc(C2CC2)nn1C1COCC1Nc1nncc2ccoc12. The first kappa shape index (κ1) is 14.6. The van der Waals surface area contributed by atoms with Crippen LogP contribution in [0.3, 0.4) is 0 Å². The molecule has 2 fully saturated rings. The zero-order valence-electron chi connectivity index (χ0n) is 13.5. The average molecular weight is 339 g/mol. The Labute approximate surface area is 142 Å². The Kier molecular flexibility index (Phi) is 3.30. The van der Waals surface area contributed by atoms with E-state index in [1.165, 1.54) is 0 Å². The summed E-state index contributed by atoms with van der Waals surface area (Å²) >= 11 is 0. The number of furan rings is 1. The number of ether oxygens (including phenoxy) is 1. The lowest BCUT2D eigenvalue weighted by atomic mass is 10.1. The number of hydrogen-bond acceptors (Lipinski definition) is 7. The fourth-order valence-corrected chi connectivity index (χ4v) is 3.27. The fraction of sp³-hybridized carbons (Fsp3) is 0.412. The zero-order chi connectivity index (χ0) is 16.8. The second kappa shape index (κ2) is 5.66. The first-order valence-corrected chi connectivity index (χ1v) is 8.42. The van der Waals surface area contributed by atoms with Crippen LogP contribution >= 0.6 is 0 Å². The number of fused-ring (bicyclic) bond motifs is 1. The first-order valence-electron chi connectivity index (χ1n) is 8.42. The number of nitrogens with one attached hydrogen (secondary N) is 1. The first-order chi connectivity index (χ1) is 12.3. The summed E-state index contributed by atoms with van der Waals surface area (Å²) in [5.41, 5.74) is 1.51. The monoisotopic (exact) mass is 339 g/mol. The number of aromatic nitrogens is 4. The van der Waals surface area contributed by atoms with E-state index in [1.807, 2.05) is 12.1 Å². The molecule has 1 aliphatic heterocycles. The lowest BCUT2D eigenvalue weighted by Gasteiger charge is -2.20. The molecule has 2 unspecified atom stereocenters. The third-order valence-corrected chi connectivity index (χ3v) is 4.79. The van der Waals surface area contributed by atoms with Crippen molar-refractivity contribution in [2.45, 2.75) is 30.8 Å². The van der Waals surface area contributed by atoms with E-state index in [0.29, 0.717) is 30.5 Å². The minimum atomic E-state index is -0.196. The molecule has 8 nitrogen and oxygen atoms in total. The van der Waals surface area contributed by atoms with Crippen LogP contribution in [0.4, 0.5) is 5.82 Å². The van der Waals surface area contributed by atoms with Gasteiger partial charge in [-0.2, -0.15) is 10.2 Å². The molecular weight excluding hydrogens is 322 g/mol. The van der Waals surface area contributed by atoms with Crippen molar-refractivity contribution in [3.05, 3.63) is 46.7 Å². The molecule has 3 aromatic rings. The minimum absolute atomic E-state index is 0.117. The molecule has 1 saturated carbocycles. The zero-order valence-corrected chi connectivity index (χ0v) is 13.5. The molecule has 128 valence electrons. The van der Waals surface area contributed by atoms with Gasteiger partial charge in [0.25, 0.3) is 5.56 Å². The molecule has 1 saturated heterocycles. The summed E-state index contributed by atoms with van der Waals surface area (Å²) in [6, 6.07) is 4.94. The molecule has 5 rings (SSSR count). The van der Waals surface area contributed by atoms with E-state index in [1.54, 1.807) is 23.2 Å². The second-order valence-corrected chi connectivity index (χ2v) is 6.57. The van der Waals surface area contributed by atoms with E-state index in [0.717, 1.165) is 23.9 Å². The van der Waals surface area contributed by atoms with Crippen molar-refractivity contribution in [2.24, 2.45) is 0 Å². The van der Waals surface area contributed by atoms with Gasteiger partial charge in [-0.15, -0.1) is 5.10 Å². The van der Waals surface area contributed by atoms with E-state index in [-0.39, 0.29) is 17.6 Å². The largest absolute Gasteiger partial charge is 0.460 e. The summed E-state index contributed by atoms with van der Waals surface area (Å²) < 4.78 is 12.7. The van der Waals surface area contributed by atoms with Gasteiger partial charge in [0.05, 0.1) is 37.4 Å². The van der Waals surface area contributed by atoms with Gasteiger partial charge in [0.1, 0.15) is 6.04 Å². The van der Waals surface area contributed by atoms with Crippen LogP contribution in [0.15, 0.2) is 39.9 Å². The van der Waals surface area contributed by atoms with Crippen LogP contribution in [-0.2, 0) is 4.74 Å². The van der Waals surface area contributed by atoms with Crippen molar-refractivity contribution in [3.8, 4) is 0 Å². The lowest BCUT2D eigenvalue weighted by molar-refractivity contribution is 0.182. The molecule has 0 spiro atoms. The Morgan fingerprint density at radius 3 is 3.00 bits per heavy atom. The van der Waals surface area contributed by atoms with Crippen LogP contribution in [0.2, 0.25) is 0 Å². The maximum atomic E-state index is 12.3. The molecule has 2 aliphatic rings. The minimum Gasteiger partial charge on any atom is -0.460 e. The van der Waals surface area contributed by atoms with E-state index < -0.39 is 0 Å². The van der Waals surface area contributed by atoms with E-state index in [2.05, 4.69) is 20.6 Å². The number of anilines is 1. The van der Waals surface area contributed by atoms with Crippen molar-refractivity contribution in [1.29, 1.82) is 0 Å². The molecule has 1 N–H and O–H groups in total. The van der Waals surface area contributed by atoms with Crippen LogP contribution in [0.25, 0.3) is 11.0 Å². The highest BCUT2D eigenvalue weighted by atomic mass is 16.5. The summed E-state index contributed by atoms with van der Waals surface area (Å²) in [5, 5.41) is 16.9. The van der Waals surface area contributed by atoms with Gasteiger partial charge in [-0.25, -0.2) is 4.68 Å². The van der Waals surface area contributed by atoms with Gasteiger partial charge >= 0.3 is 0 Å². The van der Waals surface area contributed by atoms with Crippen molar-refractivity contribution < 1.29 is 9.15 Å². The van der Waals surface area contributed by atoms with Gasteiger partial charge in [0, 0.05) is 17.4 Å². The van der Waals surface area contributed by atoms with Gasteiger partial charge in [-0.3, -0.25) is 4.79 Å². The van der Waals surface area contributed by atoms with Gasteiger partial charge in [-0.1, -0.05) is 0 Å². The molecule has 4 heterocycles. The topological polar surface area (TPSA) is 95.1 Å². The molecule has 0 bridgehead atoms. The van der Waals surface area contributed by atoms with Crippen LogP contribution in [0.1, 0.15) is 30.5 Å². The maximum absolute atomic E-state index is 12.3. The predicted octanol–water partition coefficient (Wildman–Crippen LogP) is 1.71. The van der Waals surface area contributed by atoms with Crippen molar-refractivity contribution in [3.63, 3.8) is 0 Å². The Hall–Kier alpha value is -2.74. The summed E-state index contributed by atoms with van der Waals surface area (Å²) in [7, 11) is 0.